The molecule has 0 radical (unpaired) electrons. The summed E-state index contributed by atoms with van der Waals surface area (Å²) < 4.78 is 20.9. The minimum absolute atomic E-state index is 0.0276. The lowest BCUT2D eigenvalue weighted by molar-refractivity contribution is -0.149. The number of aldehydes is 1. The highest BCUT2D eigenvalue weighted by Gasteiger charge is 2.43. The molecule has 176 valence electrons. The van der Waals surface area contributed by atoms with Gasteiger partial charge in [-0.15, -0.1) is 0 Å². The molecule has 3 aromatic rings. The smallest absolute Gasteiger partial charge is 0.231 e. The summed E-state index contributed by atoms with van der Waals surface area (Å²) in [4.78, 5) is 27.1. The Morgan fingerprint density at radius 3 is 2.35 bits per heavy atom. The average Bonchev–Trinajstić information content (AvgIpc) is 3.25. The number of amides is 1. The molecule has 1 amide bonds. The molecule has 0 bridgehead atoms. The van der Waals surface area contributed by atoms with Gasteiger partial charge in [0.05, 0.1) is 24.7 Å². The zero-order valence-corrected chi connectivity index (χ0v) is 20.0. The second kappa shape index (κ2) is 11.0. The van der Waals surface area contributed by atoms with Crippen LogP contribution < -0.4 is 0 Å². The van der Waals surface area contributed by atoms with E-state index in [0.717, 1.165) is 11.1 Å². The van der Waals surface area contributed by atoms with Crippen molar-refractivity contribution >= 4 is 28.1 Å². The predicted octanol–water partition coefficient (Wildman–Crippen LogP) is 4.48. The van der Waals surface area contributed by atoms with Crippen LogP contribution in [0.15, 0.2) is 83.3 Å². The fraction of sp³-hybridized carbons (Fsp3) is 0.259. The molecule has 0 spiro atoms. The van der Waals surface area contributed by atoms with E-state index in [-0.39, 0.29) is 24.6 Å². The summed E-state index contributed by atoms with van der Waals surface area (Å²) in [6.07, 6.45) is -1.20. The molecule has 1 aliphatic rings. The SMILES string of the molecule is O=CC1OCC(Cc2ccccc2)N1C(=O)C(Cc1ccccc1)C(O)c1ccc(Br)cc1F. The summed E-state index contributed by atoms with van der Waals surface area (Å²) in [5.74, 6) is -2.08. The van der Waals surface area contributed by atoms with Crippen molar-refractivity contribution in [3.63, 3.8) is 0 Å². The standard InChI is InChI=1S/C27H25BrFNO4/c28-20-11-12-22(24(29)15-20)26(32)23(14-19-9-5-2-6-10-19)27(33)30-21(17-34-25(30)16-31)13-18-7-3-1-4-8-18/h1-12,15-16,21,23,25-26,32H,13-14,17H2. The molecule has 34 heavy (non-hydrogen) atoms. The Bertz CT molecular complexity index is 1130. The Hall–Kier alpha value is -2.87. The molecule has 5 nitrogen and oxygen atoms in total. The van der Waals surface area contributed by atoms with E-state index in [4.69, 9.17) is 4.74 Å². The number of benzene rings is 3. The second-order valence-corrected chi connectivity index (χ2v) is 9.27. The Morgan fingerprint density at radius 2 is 1.74 bits per heavy atom. The van der Waals surface area contributed by atoms with Gasteiger partial charge in [0, 0.05) is 10.0 Å². The fourth-order valence-electron chi connectivity index (χ4n) is 4.38. The van der Waals surface area contributed by atoms with Crippen molar-refractivity contribution in [1.29, 1.82) is 0 Å². The van der Waals surface area contributed by atoms with Gasteiger partial charge in [0.2, 0.25) is 5.91 Å². The summed E-state index contributed by atoms with van der Waals surface area (Å²) in [5.41, 5.74) is 1.85. The third-order valence-electron chi connectivity index (χ3n) is 6.09. The topological polar surface area (TPSA) is 66.8 Å². The molecule has 4 rings (SSSR count). The molecular formula is C27H25BrFNO4. The fourth-order valence-corrected chi connectivity index (χ4v) is 4.72. The maximum absolute atomic E-state index is 14.8. The third-order valence-corrected chi connectivity index (χ3v) is 6.58. The van der Waals surface area contributed by atoms with Crippen molar-refractivity contribution in [2.75, 3.05) is 6.61 Å². The van der Waals surface area contributed by atoms with Crippen LogP contribution in [0.25, 0.3) is 0 Å². The number of hydrogen-bond acceptors (Lipinski definition) is 4. The number of aliphatic hydroxyl groups excluding tert-OH is 1. The molecule has 0 saturated carbocycles. The maximum Gasteiger partial charge on any atom is 0.231 e. The summed E-state index contributed by atoms with van der Waals surface area (Å²) in [5, 5.41) is 11.2. The lowest BCUT2D eigenvalue weighted by Gasteiger charge is -2.32. The molecule has 4 atom stereocenters. The van der Waals surface area contributed by atoms with E-state index >= 15 is 0 Å². The molecular weight excluding hydrogens is 501 g/mol. The highest BCUT2D eigenvalue weighted by molar-refractivity contribution is 9.10. The van der Waals surface area contributed by atoms with Crippen molar-refractivity contribution in [3.8, 4) is 0 Å². The first-order valence-electron chi connectivity index (χ1n) is 11.1. The normalized spacial score (nSPS) is 19.6. The van der Waals surface area contributed by atoms with E-state index < -0.39 is 30.0 Å². The molecule has 7 heteroatoms. The van der Waals surface area contributed by atoms with Crippen LogP contribution in [0, 0.1) is 11.7 Å². The van der Waals surface area contributed by atoms with Crippen LogP contribution in [-0.4, -0.2) is 41.1 Å². The Morgan fingerprint density at radius 1 is 1.09 bits per heavy atom. The van der Waals surface area contributed by atoms with Crippen LogP contribution in [0.5, 0.6) is 0 Å². The van der Waals surface area contributed by atoms with Crippen LogP contribution in [0.3, 0.4) is 0 Å². The summed E-state index contributed by atoms with van der Waals surface area (Å²) in [6, 6.07) is 22.8. The molecule has 1 N–H and O–H groups in total. The lowest BCUT2D eigenvalue weighted by atomic mass is 9.87. The zero-order chi connectivity index (χ0) is 24.1. The Kier molecular flexibility index (Phi) is 7.88. The molecule has 1 saturated heterocycles. The van der Waals surface area contributed by atoms with Gasteiger partial charge in [0.25, 0.3) is 0 Å². The molecule has 1 aliphatic heterocycles. The lowest BCUT2D eigenvalue weighted by Crippen LogP contribution is -2.48. The summed E-state index contributed by atoms with van der Waals surface area (Å²) >= 11 is 3.22. The van der Waals surface area contributed by atoms with Gasteiger partial charge < -0.3 is 14.7 Å². The van der Waals surface area contributed by atoms with Crippen molar-refractivity contribution in [1.82, 2.24) is 4.90 Å². The Balaban J connectivity index is 1.68. The van der Waals surface area contributed by atoms with Gasteiger partial charge in [0.15, 0.2) is 12.5 Å². The van der Waals surface area contributed by atoms with E-state index in [2.05, 4.69) is 15.9 Å². The zero-order valence-electron chi connectivity index (χ0n) is 18.4. The maximum atomic E-state index is 14.8. The molecule has 0 aliphatic carbocycles. The third kappa shape index (κ3) is 5.43. The van der Waals surface area contributed by atoms with E-state index in [0.29, 0.717) is 17.2 Å². The molecule has 1 fully saturated rings. The summed E-state index contributed by atoms with van der Waals surface area (Å²) in [7, 11) is 0. The first-order chi connectivity index (χ1) is 16.5. The number of halogens is 2. The highest BCUT2D eigenvalue weighted by Crippen LogP contribution is 2.33. The molecule has 4 unspecified atom stereocenters. The van der Waals surface area contributed by atoms with Crippen molar-refractivity contribution in [2.45, 2.75) is 31.2 Å². The number of carbonyl (C=O) groups excluding carboxylic acids is 2. The minimum Gasteiger partial charge on any atom is -0.387 e. The van der Waals surface area contributed by atoms with Crippen LogP contribution >= 0.6 is 15.9 Å². The van der Waals surface area contributed by atoms with E-state index in [1.54, 1.807) is 6.07 Å². The molecule has 1 heterocycles. The van der Waals surface area contributed by atoms with Gasteiger partial charge in [-0.2, -0.15) is 0 Å². The monoisotopic (exact) mass is 525 g/mol. The largest absolute Gasteiger partial charge is 0.387 e. The molecule has 0 aromatic heterocycles. The van der Waals surface area contributed by atoms with Crippen molar-refractivity contribution in [3.05, 3.63) is 106 Å². The quantitative estimate of drug-likeness (QED) is 0.440. The highest BCUT2D eigenvalue weighted by atomic mass is 79.9. The average molecular weight is 526 g/mol. The number of carbonyl (C=O) groups is 2. The van der Waals surface area contributed by atoms with Crippen molar-refractivity contribution in [2.24, 2.45) is 5.92 Å². The summed E-state index contributed by atoms with van der Waals surface area (Å²) in [6.45, 7) is 0.199. The van der Waals surface area contributed by atoms with Crippen LogP contribution in [-0.2, 0) is 27.2 Å². The van der Waals surface area contributed by atoms with Crippen LogP contribution in [0.4, 0.5) is 4.39 Å². The number of nitrogens with zero attached hydrogens (tertiary/aromatic N) is 1. The van der Waals surface area contributed by atoms with Gasteiger partial charge in [-0.3, -0.25) is 9.59 Å². The van der Waals surface area contributed by atoms with E-state index in [1.165, 1.54) is 17.0 Å². The van der Waals surface area contributed by atoms with Gasteiger partial charge in [-0.05, 0) is 36.1 Å². The van der Waals surface area contributed by atoms with Crippen LogP contribution in [0.1, 0.15) is 22.8 Å². The van der Waals surface area contributed by atoms with E-state index in [9.17, 15) is 19.1 Å². The van der Waals surface area contributed by atoms with Gasteiger partial charge in [-0.25, -0.2) is 4.39 Å². The first kappa shape index (κ1) is 24.3. The number of ether oxygens (including phenoxy) is 1. The Labute approximate surface area is 206 Å². The first-order valence-corrected chi connectivity index (χ1v) is 11.9. The van der Waals surface area contributed by atoms with Gasteiger partial charge >= 0.3 is 0 Å². The van der Waals surface area contributed by atoms with Gasteiger partial charge in [0.1, 0.15) is 5.82 Å². The minimum atomic E-state index is -1.41. The second-order valence-electron chi connectivity index (χ2n) is 8.36. The van der Waals surface area contributed by atoms with E-state index in [1.807, 2.05) is 60.7 Å². The molecule has 3 aromatic carbocycles. The predicted molar refractivity (Wildman–Crippen MR) is 129 cm³/mol. The number of aliphatic hydroxyl groups is 1. The van der Waals surface area contributed by atoms with Crippen LogP contribution in [0.2, 0.25) is 0 Å². The van der Waals surface area contributed by atoms with Gasteiger partial charge in [-0.1, -0.05) is 82.7 Å². The number of rotatable bonds is 8. The van der Waals surface area contributed by atoms with Crippen molar-refractivity contribution < 1.29 is 23.8 Å². The number of hydrogen-bond donors (Lipinski definition) is 1.